The lowest BCUT2D eigenvalue weighted by atomic mass is 10.1. The summed E-state index contributed by atoms with van der Waals surface area (Å²) in [4.78, 5) is 28.9. The molecule has 0 radical (unpaired) electrons. The van der Waals surface area contributed by atoms with Crippen LogP contribution in [-0.2, 0) is 26.2 Å². The van der Waals surface area contributed by atoms with Crippen LogP contribution < -0.4 is 9.62 Å². The molecule has 0 aliphatic heterocycles. The van der Waals surface area contributed by atoms with E-state index in [4.69, 9.17) is 23.2 Å². The van der Waals surface area contributed by atoms with Crippen molar-refractivity contribution in [3.63, 3.8) is 0 Å². The summed E-state index contributed by atoms with van der Waals surface area (Å²) >= 11 is 12.4. The lowest BCUT2D eigenvalue weighted by Crippen LogP contribution is -2.52. The topological polar surface area (TPSA) is 86.8 Å². The van der Waals surface area contributed by atoms with Gasteiger partial charge in [-0.2, -0.15) is 0 Å². The molecule has 2 amide bonds. The fourth-order valence-corrected chi connectivity index (χ4v) is 6.14. The Morgan fingerprint density at radius 3 is 2.22 bits per heavy atom. The normalized spacial score (nSPS) is 12.0. The third-order valence-corrected chi connectivity index (χ3v) is 9.47. The first-order valence-electron chi connectivity index (χ1n) is 13.7. The van der Waals surface area contributed by atoms with Crippen molar-refractivity contribution < 1.29 is 18.0 Å². The van der Waals surface area contributed by atoms with Crippen molar-refractivity contribution in [3.8, 4) is 0 Å². The monoisotopic (exact) mass is 617 g/mol. The Morgan fingerprint density at radius 1 is 0.902 bits per heavy atom. The first kappa shape index (κ1) is 32.4. The molecule has 0 aliphatic carbocycles. The Kier molecular flexibility index (Phi) is 11.6. The summed E-state index contributed by atoms with van der Waals surface area (Å²) in [7, 11) is -4.12. The third-order valence-electron chi connectivity index (χ3n) is 6.94. The molecule has 1 atom stereocenters. The molecule has 220 valence electrons. The van der Waals surface area contributed by atoms with E-state index in [1.165, 1.54) is 17.0 Å². The number of benzene rings is 3. The Hall–Kier alpha value is -3.07. The van der Waals surface area contributed by atoms with Crippen LogP contribution in [0.3, 0.4) is 0 Å². The Bertz CT molecular complexity index is 1470. The minimum Gasteiger partial charge on any atom is -0.354 e. The van der Waals surface area contributed by atoms with Gasteiger partial charge in [0.05, 0.1) is 20.6 Å². The summed E-state index contributed by atoms with van der Waals surface area (Å²) in [5, 5.41) is 3.61. The highest BCUT2D eigenvalue weighted by Crippen LogP contribution is 2.28. The van der Waals surface area contributed by atoms with Gasteiger partial charge in [0, 0.05) is 13.1 Å². The highest BCUT2D eigenvalue weighted by Gasteiger charge is 2.33. The number of aryl methyl sites for hydroxylation is 2. The number of sulfonamides is 1. The molecule has 0 saturated carbocycles. The third kappa shape index (κ3) is 8.24. The van der Waals surface area contributed by atoms with Gasteiger partial charge in [-0.05, 0) is 79.8 Å². The van der Waals surface area contributed by atoms with Crippen LogP contribution in [0.25, 0.3) is 0 Å². The van der Waals surface area contributed by atoms with Gasteiger partial charge in [0.2, 0.25) is 11.8 Å². The van der Waals surface area contributed by atoms with Crippen LogP contribution >= 0.6 is 23.2 Å². The van der Waals surface area contributed by atoms with E-state index in [9.17, 15) is 18.0 Å². The standard InChI is InChI=1S/C31H37Cl2N3O4S/c1-5-7-17-34-31(38)29(6-2)35(20-24-14-16-27(32)28(33)19-24)30(37)21-36(25-15-13-22(3)23(4)18-25)41(39,40)26-11-9-8-10-12-26/h8-16,18-19,29H,5-7,17,20-21H2,1-4H3,(H,34,38)/t29-/m1/s1. The number of hydrogen-bond acceptors (Lipinski definition) is 4. The van der Waals surface area contributed by atoms with Crippen molar-refractivity contribution in [2.24, 2.45) is 0 Å². The average molecular weight is 619 g/mol. The molecule has 3 aromatic carbocycles. The van der Waals surface area contributed by atoms with E-state index in [0.29, 0.717) is 34.3 Å². The van der Waals surface area contributed by atoms with Crippen molar-refractivity contribution in [1.29, 1.82) is 0 Å². The molecule has 10 heteroatoms. The fraction of sp³-hybridized carbons (Fsp3) is 0.355. The molecule has 3 aromatic rings. The number of rotatable bonds is 13. The second-order valence-corrected chi connectivity index (χ2v) is 12.6. The maximum absolute atomic E-state index is 14.1. The lowest BCUT2D eigenvalue weighted by Gasteiger charge is -2.33. The van der Waals surface area contributed by atoms with Crippen LogP contribution in [0.2, 0.25) is 10.0 Å². The van der Waals surface area contributed by atoms with E-state index in [1.54, 1.807) is 48.5 Å². The van der Waals surface area contributed by atoms with E-state index < -0.39 is 28.5 Å². The zero-order chi connectivity index (χ0) is 30.2. The second kappa shape index (κ2) is 14.7. The minimum absolute atomic E-state index is 0.0432. The van der Waals surface area contributed by atoms with Crippen LogP contribution in [0, 0.1) is 13.8 Å². The molecule has 41 heavy (non-hydrogen) atoms. The summed E-state index contributed by atoms with van der Waals surface area (Å²) in [6.07, 6.45) is 2.05. The maximum atomic E-state index is 14.1. The zero-order valence-corrected chi connectivity index (χ0v) is 26.2. The number of carbonyl (C=O) groups excluding carboxylic acids is 2. The summed E-state index contributed by atoms with van der Waals surface area (Å²) in [5.41, 5.74) is 2.90. The number of nitrogens with one attached hydrogen (secondary N) is 1. The van der Waals surface area contributed by atoms with Crippen molar-refractivity contribution in [1.82, 2.24) is 10.2 Å². The van der Waals surface area contributed by atoms with Gasteiger partial charge in [-0.25, -0.2) is 8.42 Å². The molecule has 0 heterocycles. The minimum atomic E-state index is -4.12. The van der Waals surface area contributed by atoms with E-state index in [1.807, 2.05) is 33.8 Å². The molecule has 0 aliphatic rings. The van der Waals surface area contributed by atoms with Gasteiger partial charge in [0.15, 0.2) is 0 Å². The molecule has 0 aromatic heterocycles. The molecule has 0 fully saturated rings. The van der Waals surface area contributed by atoms with E-state index >= 15 is 0 Å². The van der Waals surface area contributed by atoms with E-state index in [0.717, 1.165) is 28.3 Å². The highest BCUT2D eigenvalue weighted by molar-refractivity contribution is 7.92. The Morgan fingerprint density at radius 2 is 1.61 bits per heavy atom. The highest BCUT2D eigenvalue weighted by atomic mass is 35.5. The fourth-order valence-electron chi connectivity index (χ4n) is 4.39. The molecule has 0 saturated heterocycles. The van der Waals surface area contributed by atoms with Crippen molar-refractivity contribution in [2.75, 3.05) is 17.4 Å². The SMILES string of the molecule is CCCCNC(=O)[C@@H](CC)N(Cc1ccc(Cl)c(Cl)c1)C(=O)CN(c1ccc(C)c(C)c1)S(=O)(=O)c1ccccc1. The number of hydrogen-bond donors (Lipinski definition) is 1. The van der Waals surface area contributed by atoms with Gasteiger partial charge in [0.1, 0.15) is 12.6 Å². The lowest BCUT2D eigenvalue weighted by molar-refractivity contribution is -0.140. The largest absolute Gasteiger partial charge is 0.354 e. The van der Waals surface area contributed by atoms with Crippen LogP contribution in [-0.4, -0.2) is 44.3 Å². The van der Waals surface area contributed by atoms with Crippen molar-refractivity contribution in [2.45, 2.75) is 64.4 Å². The summed E-state index contributed by atoms with van der Waals surface area (Å²) in [6, 6.07) is 17.4. The Labute approximate surface area is 253 Å². The van der Waals surface area contributed by atoms with Gasteiger partial charge in [0.25, 0.3) is 10.0 Å². The number of nitrogens with zero attached hydrogens (tertiary/aromatic N) is 2. The van der Waals surface area contributed by atoms with Gasteiger partial charge < -0.3 is 10.2 Å². The van der Waals surface area contributed by atoms with Gasteiger partial charge >= 0.3 is 0 Å². The molecule has 1 N–H and O–H groups in total. The smallest absolute Gasteiger partial charge is 0.264 e. The number of halogens is 2. The van der Waals surface area contributed by atoms with Crippen LogP contribution in [0.1, 0.15) is 49.8 Å². The molecule has 0 bridgehead atoms. The van der Waals surface area contributed by atoms with Crippen LogP contribution in [0.15, 0.2) is 71.6 Å². The average Bonchev–Trinajstić information content (AvgIpc) is 2.95. The van der Waals surface area contributed by atoms with Crippen molar-refractivity contribution in [3.05, 3.63) is 93.5 Å². The molecule has 0 unspecified atom stereocenters. The first-order valence-corrected chi connectivity index (χ1v) is 15.8. The first-order chi connectivity index (χ1) is 19.5. The van der Waals surface area contributed by atoms with Crippen LogP contribution in [0.4, 0.5) is 5.69 Å². The number of carbonyl (C=O) groups is 2. The predicted octanol–water partition coefficient (Wildman–Crippen LogP) is 6.53. The van der Waals surface area contributed by atoms with Crippen LogP contribution in [0.5, 0.6) is 0 Å². The van der Waals surface area contributed by atoms with E-state index in [2.05, 4.69) is 5.32 Å². The maximum Gasteiger partial charge on any atom is 0.264 e. The molecule has 7 nitrogen and oxygen atoms in total. The second-order valence-electron chi connectivity index (χ2n) is 9.93. The van der Waals surface area contributed by atoms with E-state index in [-0.39, 0.29) is 17.3 Å². The van der Waals surface area contributed by atoms with Gasteiger partial charge in [-0.1, -0.05) is 73.8 Å². The number of amides is 2. The summed E-state index contributed by atoms with van der Waals surface area (Å²) < 4.78 is 28.9. The number of unbranched alkanes of at least 4 members (excludes halogenated alkanes) is 1. The number of anilines is 1. The molecule has 3 rings (SSSR count). The Balaban J connectivity index is 2.06. The summed E-state index contributed by atoms with van der Waals surface area (Å²) in [5.74, 6) is -0.815. The molecular formula is C31H37Cl2N3O4S. The van der Waals surface area contributed by atoms with Gasteiger partial charge in [-0.3, -0.25) is 13.9 Å². The van der Waals surface area contributed by atoms with Gasteiger partial charge in [-0.15, -0.1) is 0 Å². The quantitative estimate of drug-likeness (QED) is 0.221. The molecular weight excluding hydrogens is 581 g/mol. The van der Waals surface area contributed by atoms with Crippen molar-refractivity contribution >= 4 is 50.7 Å². The zero-order valence-electron chi connectivity index (χ0n) is 23.9. The predicted molar refractivity (Wildman–Crippen MR) is 166 cm³/mol. The summed E-state index contributed by atoms with van der Waals surface area (Å²) in [6.45, 7) is 7.69. The molecule has 0 spiro atoms.